The van der Waals surface area contributed by atoms with Crippen LogP contribution in [0.5, 0.6) is 0 Å². The summed E-state index contributed by atoms with van der Waals surface area (Å²) in [6, 6.07) is 2.99. The molecule has 0 spiro atoms. The zero-order valence-corrected chi connectivity index (χ0v) is 18.0. The van der Waals surface area contributed by atoms with Crippen molar-refractivity contribution in [1.82, 2.24) is 30.0 Å². The van der Waals surface area contributed by atoms with Crippen molar-refractivity contribution in [2.45, 2.75) is 44.9 Å². The number of carbonyl (C=O) groups excluding carboxylic acids is 3. The molecular weight excluding hydrogens is 455 g/mol. The van der Waals surface area contributed by atoms with E-state index in [0.29, 0.717) is 23.5 Å². The van der Waals surface area contributed by atoms with Gasteiger partial charge in [0.05, 0.1) is 5.39 Å². The largest absolute Gasteiger partial charge is 0.433 e. The summed E-state index contributed by atoms with van der Waals surface area (Å²) in [6.07, 6.45) is -0.218. The smallest absolute Gasteiger partial charge is 0.343 e. The topological polar surface area (TPSA) is 132 Å². The Hall–Kier alpha value is -3.90. The maximum atomic E-state index is 12.9. The van der Waals surface area contributed by atoms with Gasteiger partial charge in [-0.1, -0.05) is 12.8 Å². The highest BCUT2D eigenvalue weighted by molar-refractivity contribution is 6.04. The van der Waals surface area contributed by atoms with E-state index in [1.807, 2.05) is 0 Å². The van der Waals surface area contributed by atoms with Crippen molar-refractivity contribution in [3.63, 3.8) is 0 Å². The molecular formula is C21H20F3N7O3. The van der Waals surface area contributed by atoms with Gasteiger partial charge in [-0.25, -0.2) is 19.6 Å². The molecule has 1 aliphatic carbocycles. The second kappa shape index (κ2) is 9.15. The summed E-state index contributed by atoms with van der Waals surface area (Å²) in [4.78, 5) is 48.5. The first-order chi connectivity index (χ1) is 16.1. The van der Waals surface area contributed by atoms with E-state index < -0.39 is 35.7 Å². The Bertz CT molecular complexity index is 1250. The maximum absolute atomic E-state index is 12.9. The molecule has 1 aliphatic rings. The number of amides is 2. The molecule has 0 bridgehead atoms. The van der Waals surface area contributed by atoms with Gasteiger partial charge in [0.2, 0.25) is 17.8 Å². The normalized spacial score (nSPS) is 14.6. The third kappa shape index (κ3) is 5.35. The lowest BCUT2D eigenvalue weighted by molar-refractivity contribution is -0.141. The van der Waals surface area contributed by atoms with Crippen LogP contribution in [-0.2, 0) is 22.3 Å². The van der Waals surface area contributed by atoms with Gasteiger partial charge >= 0.3 is 6.18 Å². The second-order valence-corrected chi connectivity index (χ2v) is 7.99. The predicted octanol–water partition coefficient (Wildman–Crippen LogP) is 2.37. The first-order valence-electron chi connectivity index (χ1n) is 10.4. The molecule has 0 unspecified atom stereocenters. The number of ketones is 1. The third-order valence-corrected chi connectivity index (χ3v) is 5.23. The number of anilines is 1. The number of hydrogen-bond acceptors (Lipinski definition) is 7. The molecule has 1 saturated carbocycles. The summed E-state index contributed by atoms with van der Waals surface area (Å²) in [6.45, 7) is 1.04. The zero-order chi connectivity index (χ0) is 24.5. The third-order valence-electron chi connectivity index (χ3n) is 5.23. The van der Waals surface area contributed by atoms with Crippen LogP contribution in [0.25, 0.3) is 11.0 Å². The number of rotatable bonds is 8. The van der Waals surface area contributed by atoms with Gasteiger partial charge in [0.15, 0.2) is 11.4 Å². The molecule has 3 aromatic rings. The number of fused-ring (bicyclic) bond motifs is 1. The van der Waals surface area contributed by atoms with Gasteiger partial charge in [0, 0.05) is 19.3 Å². The molecule has 178 valence electrons. The average molecular weight is 475 g/mol. The number of halogens is 3. The fraction of sp³-hybridized carbons (Fsp3) is 0.381. The molecule has 4 rings (SSSR count). The van der Waals surface area contributed by atoms with Gasteiger partial charge in [-0.05, 0) is 30.5 Å². The van der Waals surface area contributed by atoms with E-state index in [4.69, 9.17) is 0 Å². The quantitative estimate of drug-likeness (QED) is 0.478. The number of alkyl halides is 3. The Morgan fingerprint density at radius 3 is 2.62 bits per heavy atom. The molecule has 10 nitrogen and oxygen atoms in total. The van der Waals surface area contributed by atoms with Crippen molar-refractivity contribution in [3.8, 4) is 0 Å². The first kappa shape index (κ1) is 23.3. The first-order valence-corrected chi connectivity index (χ1v) is 10.4. The SMILES string of the molecule is CC(=O)c1nn(CC(=O)N[C@@H](CC2CC2)C(=O)Nc2nccc(C(F)(F)F)n2)c2ncccc12. The molecule has 34 heavy (non-hydrogen) atoms. The summed E-state index contributed by atoms with van der Waals surface area (Å²) in [5, 5.41) is 9.52. The van der Waals surface area contributed by atoms with Gasteiger partial charge in [0.1, 0.15) is 24.0 Å². The maximum Gasteiger partial charge on any atom is 0.433 e. The molecule has 3 heterocycles. The Morgan fingerprint density at radius 2 is 1.94 bits per heavy atom. The second-order valence-electron chi connectivity index (χ2n) is 7.99. The van der Waals surface area contributed by atoms with E-state index in [1.165, 1.54) is 17.8 Å². The van der Waals surface area contributed by atoms with E-state index in [2.05, 4.69) is 30.7 Å². The highest BCUT2D eigenvalue weighted by atomic mass is 19.4. The van der Waals surface area contributed by atoms with Crippen molar-refractivity contribution in [2.24, 2.45) is 5.92 Å². The van der Waals surface area contributed by atoms with Crippen molar-refractivity contribution in [3.05, 3.63) is 42.0 Å². The van der Waals surface area contributed by atoms with Gasteiger partial charge in [-0.2, -0.15) is 18.3 Å². The lowest BCUT2D eigenvalue weighted by atomic mass is 10.1. The van der Waals surface area contributed by atoms with Crippen LogP contribution in [0.15, 0.2) is 30.6 Å². The molecule has 0 radical (unpaired) electrons. The summed E-state index contributed by atoms with van der Waals surface area (Å²) in [7, 11) is 0. The van der Waals surface area contributed by atoms with Crippen molar-refractivity contribution in [2.75, 3.05) is 5.32 Å². The van der Waals surface area contributed by atoms with Crippen LogP contribution in [0.1, 0.15) is 42.4 Å². The summed E-state index contributed by atoms with van der Waals surface area (Å²) < 4.78 is 39.9. The lowest BCUT2D eigenvalue weighted by Crippen LogP contribution is -2.45. The van der Waals surface area contributed by atoms with Crippen molar-refractivity contribution >= 4 is 34.6 Å². The van der Waals surface area contributed by atoms with E-state index in [9.17, 15) is 27.6 Å². The van der Waals surface area contributed by atoms with Crippen LogP contribution >= 0.6 is 0 Å². The summed E-state index contributed by atoms with van der Waals surface area (Å²) in [5.41, 5.74) is -0.687. The van der Waals surface area contributed by atoms with Gasteiger partial charge in [-0.3, -0.25) is 19.7 Å². The number of carbonyl (C=O) groups is 3. The number of pyridine rings is 1. The summed E-state index contributed by atoms with van der Waals surface area (Å²) >= 11 is 0. The van der Waals surface area contributed by atoms with Gasteiger partial charge in [0.25, 0.3) is 0 Å². The minimum Gasteiger partial charge on any atom is -0.343 e. The minimum atomic E-state index is -4.69. The fourth-order valence-corrected chi connectivity index (χ4v) is 3.45. The molecule has 0 aromatic carbocycles. The Morgan fingerprint density at radius 1 is 1.18 bits per heavy atom. The highest BCUT2D eigenvalue weighted by Crippen LogP contribution is 2.34. The molecule has 0 saturated heterocycles. The molecule has 1 fully saturated rings. The lowest BCUT2D eigenvalue weighted by Gasteiger charge is -2.18. The average Bonchev–Trinajstić information content (AvgIpc) is 3.52. The number of nitrogens with one attached hydrogen (secondary N) is 2. The van der Waals surface area contributed by atoms with Crippen LogP contribution in [-0.4, -0.2) is 48.4 Å². The molecule has 2 amide bonds. The van der Waals surface area contributed by atoms with Gasteiger partial charge < -0.3 is 5.32 Å². The van der Waals surface area contributed by atoms with Crippen LogP contribution in [0.3, 0.4) is 0 Å². The van der Waals surface area contributed by atoms with E-state index in [0.717, 1.165) is 19.0 Å². The predicted molar refractivity (Wildman–Crippen MR) is 112 cm³/mol. The van der Waals surface area contributed by atoms with Crippen molar-refractivity contribution < 1.29 is 27.6 Å². The number of aromatic nitrogens is 5. The van der Waals surface area contributed by atoms with Crippen LogP contribution < -0.4 is 10.6 Å². The molecule has 2 N–H and O–H groups in total. The number of hydrogen-bond donors (Lipinski definition) is 2. The monoisotopic (exact) mass is 475 g/mol. The number of nitrogens with zero attached hydrogens (tertiary/aromatic N) is 5. The Kier molecular flexibility index (Phi) is 6.26. The van der Waals surface area contributed by atoms with Crippen LogP contribution in [0.2, 0.25) is 0 Å². The van der Waals surface area contributed by atoms with E-state index in [-0.39, 0.29) is 23.9 Å². The minimum absolute atomic E-state index is 0.171. The number of Topliss-reactive ketones (excluding diaryl/α,β-unsaturated/α-hetero) is 1. The molecule has 0 aliphatic heterocycles. The van der Waals surface area contributed by atoms with Crippen LogP contribution in [0.4, 0.5) is 19.1 Å². The van der Waals surface area contributed by atoms with Crippen LogP contribution in [0, 0.1) is 5.92 Å². The van der Waals surface area contributed by atoms with E-state index in [1.54, 1.807) is 12.1 Å². The van der Waals surface area contributed by atoms with Gasteiger partial charge in [-0.15, -0.1) is 0 Å². The molecule has 13 heteroatoms. The Balaban J connectivity index is 1.49. The van der Waals surface area contributed by atoms with Crippen molar-refractivity contribution in [1.29, 1.82) is 0 Å². The molecule has 3 aromatic heterocycles. The highest BCUT2D eigenvalue weighted by Gasteiger charge is 2.34. The fourth-order valence-electron chi connectivity index (χ4n) is 3.45. The summed E-state index contributed by atoms with van der Waals surface area (Å²) in [5.74, 6) is -1.88. The van der Waals surface area contributed by atoms with E-state index >= 15 is 0 Å². The zero-order valence-electron chi connectivity index (χ0n) is 18.0. The standard InChI is InChI=1S/C21H20F3N7O3/c1-11(32)17-13-3-2-7-25-18(13)31(30-17)10-16(33)27-14(9-12-4-5-12)19(34)29-20-26-8-6-15(28-20)21(22,23)24/h2-3,6-8,12,14H,4-5,9-10H2,1H3,(H,27,33)(H,26,28,29,34)/t14-/m0/s1. The Labute approximate surface area is 191 Å². The molecule has 1 atom stereocenters.